The number of nitrogens with zero attached hydrogens (tertiary/aromatic N) is 2. The summed E-state index contributed by atoms with van der Waals surface area (Å²) in [6.45, 7) is 9.49. The molecule has 4 atom stereocenters. The number of rotatable bonds is 15. The number of aliphatic hydroxyl groups excluding tert-OH is 1. The second kappa shape index (κ2) is 16.1. The highest BCUT2D eigenvalue weighted by molar-refractivity contribution is 7.13. The minimum atomic E-state index is -0.855. The van der Waals surface area contributed by atoms with E-state index in [-0.39, 0.29) is 49.6 Å². The van der Waals surface area contributed by atoms with Crippen molar-refractivity contribution in [1.29, 1.82) is 0 Å². The summed E-state index contributed by atoms with van der Waals surface area (Å²) in [6.07, 6.45) is 4.64. The number of aliphatic carboxylic acids is 1. The Bertz CT molecular complexity index is 1270. The van der Waals surface area contributed by atoms with Crippen LogP contribution in [0.3, 0.4) is 0 Å². The average Bonchev–Trinajstić information content (AvgIpc) is 3.57. The summed E-state index contributed by atoms with van der Waals surface area (Å²) in [5, 5.41) is 25.1. The summed E-state index contributed by atoms with van der Waals surface area (Å²) < 4.78 is 0. The lowest BCUT2D eigenvalue weighted by Crippen LogP contribution is -2.57. The first kappa shape index (κ1) is 35.2. The smallest absolute Gasteiger partial charge is 0.303 e. The summed E-state index contributed by atoms with van der Waals surface area (Å²) in [6, 6.07) is 5.93. The molecule has 3 amide bonds. The zero-order chi connectivity index (χ0) is 32.4. The van der Waals surface area contributed by atoms with Crippen molar-refractivity contribution in [2.75, 3.05) is 6.54 Å². The fourth-order valence-electron chi connectivity index (χ4n) is 5.52. The Morgan fingerprint density at radius 2 is 1.61 bits per heavy atom. The average molecular weight is 629 g/mol. The Morgan fingerprint density at radius 3 is 2.18 bits per heavy atom. The molecule has 0 aliphatic carbocycles. The van der Waals surface area contributed by atoms with Gasteiger partial charge >= 0.3 is 5.97 Å². The molecule has 0 spiro atoms. The molecule has 44 heavy (non-hydrogen) atoms. The number of nitrogens with one attached hydrogen (secondary N) is 2. The molecule has 1 aromatic heterocycles. The molecule has 1 aromatic carbocycles. The maximum Gasteiger partial charge on any atom is 0.303 e. The van der Waals surface area contributed by atoms with E-state index < -0.39 is 29.6 Å². The Labute approximate surface area is 264 Å². The third kappa shape index (κ3) is 10.1. The van der Waals surface area contributed by atoms with E-state index in [1.165, 1.54) is 4.90 Å². The van der Waals surface area contributed by atoms with Gasteiger partial charge in [-0.15, -0.1) is 11.3 Å². The second-order valence-corrected chi connectivity index (χ2v) is 13.8. The van der Waals surface area contributed by atoms with Gasteiger partial charge in [-0.25, -0.2) is 4.98 Å². The Hall–Kier alpha value is -3.31. The van der Waals surface area contributed by atoms with Gasteiger partial charge < -0.3 is 25.7 Å². The van der Waals surface area contributed by atoms with Gasteiger partial charge in [-0.1, -0.05) is 70.7 Å². The van der Waals surface area contributed by atoms with Crippen LogP contribution in [-0.2, 0) is 19.2 Å². The van der Waals surface area contributed by atoms with E-state index in [1.807, 2.05) is 64.4 Å². The number of amides is 3. The van der Waals surface area contributed by atoms with Gasteiger partial charge in [-0.2, -0.15) is 0 Å². The number of carbonyl (C=O) groups excluding carboxylic acids is 3. The highest BCUT2D eigenvalue weighted by Gasteiger charge is 2.44. The normalized spacial score (nSPS) is 18.1. The van der Waals surface area contributed by atoms with Crippen LogP contribution in [0.25, 0.3) is 10.4 Å². The molecule has 1 fully saturated rings. The number of aromatic nitrogens is 1. The van der Waals surface area contributed by atoms with Crippen molar-refractivity contribution >= 4 is 35.0 Å². The molecule has 1 aliphatic heterocycles. The number of carboxylic acids is 1. The minimum Gasteiger partial charge on any atom is -0.481 e. The molecule has 242 valence electrons. The van der Waals surface area contributed by atoms with Gasteiger partial charge in [0.1, 0.15) is 12.1 Å². The molecule has 1 aliphatic rings. The monoisotopic (exact) mass is 628 g/mol. The number of benzene rings is 1. The van der Waals surface area contributed by atoms with Crippen molar-refractivity contribution in [2.45, 2.75) is 117 Å². The first-order valence-electron chi connectivity index (χ1n) is 15.6. The molecule has 2 heterocycles. The summed E-state index contributed by atoms with van der Waals surface area (Å²) in [7, 11) is 0. The van der Waals surface area contributed by atoms with Gasteiger partial charge in [0.15, 0.2) is 0 Å². The van der Waals surface area contributed by atoms with Crippen LogP contribution in [0.5, 0.6) is 0 Å². The predicted molar refractivity (Wildman–Crippen MR) is 171 cm³/mol. The topological polar surface area (TPSA) is 149 Å². The predicted octanol–water partition coefficient (Wildman–Crippen LogP) is 4.99. The van der Waals surface area contributed by atoms with Crippen LogP contribution in [0, 0.1) is 12.3 Å². The number of thiazole rings is 1. The lowest BCUT2D eigenvalue weighted by Gasteiger charge is -2.35. The Balaban J connectivity index is 1.57. The van der Waals surface area contributed by atoms with Gasteiger partial charge in [0.2, 0.25) is 17.7 Å². The van der Waals surface area contributed by atoms with Crippen molar-refractivity contribution in [3.05, 3.63) is 41.0 Å². The summed E-state index contributed by atoms with van der Waals surface area (Å²) in [4.78, 5) is 57.5. The molecule has 3 rings (SSSR count). The first-order valence-corrected chi connectivity index (χ1v) is 16.5. The summed E-state index contributed by atoms with van der Waals surface area (Å²) in [5.74, 6) is -1.72. The van der Waals surface area contributed by atoms with Crippen molar-refractivity contribution in [3.63, 3.8) is 0 Å². The van der Waals surface area contributed by atoms with Crippen LogP contribution in [0.15, 0.2) is 29.8 Å². The molecule has 0 saturated carbocycles. The summed E-state index contributed by atoms with van der Waals surface area (Å²) >= 11 is 1.58. The molecule has 10 nitrogen and oxygen atoms in total. The maximum atomic E-state index is 13.8. The lowest BCUT2D eigenvalue weighted by atomic mass is 9.85. The molecular formula is C33H48N4O6S. The standard InChI is InChI=1S/C33H48N4O6S/c1-21(23-14-16-24(17-15-23)29-22(2)34-20-44-29)35-31(42)26-18-25(38)19-37(26)32(43)30(33(3,4)5)36-27(39)12-10-8-6-7-9-11-13-28(40)41/h14-17,20-21,25-26,30,38H,6-13,18-19H2,1-5H3,(H,35,42)(H,36,39)(H,40,41)/t21-,25+,26-,30?/m0/s1. The van der Waals surface area contributed by atoms with E-state index in [2.05, 4.69) is 15.6 Å². The van der Waals surface area contributed by atoms with E-state index in [9.17, 15) is 24.3 Å². The number of β-amino-alcohol motifs (C(OH)–C–C–N with tert-alkyl or cyclic N) is 1. The van der Waals surface area contributed by atoms with Gasteiger partial charge in [-0.05, 0) is 43.2 Å². The van der Waals surface area contributed by atoms with Gasteiger partial charge in [0.05, 0.1) is 28.2 Å². The number of likely N-dealkylation sites (tertiary alicyclic amines) is 1. The van der Waals surface area contributed by atoms with Crippen LogP contribution in [0.2, 0.25) is 0 Å². The van der Waals surface area contributed by atoms with Crippen LogP contribution in [0.1, 0.15) is 103 Å². The maximum absolute atomic E-state index is 13.8. The molecule has 0 bridgehead atoms. The van der Waals surface area contributed by atoms with Gasteiger partial charge in [0.25, 0.3) is 0 Å². The highest BCUT2D eigenvalue weighted by atomic mass is 32.1. The summed E-state index contributed by atoms with van der Waals surface area (Å²) in [5.41, 5.74) is 4.15. The van der Waals surface area contributed by atoms with E-state index in [1.54, 1.807) is 11.3 Å². The molecular weight excluding hydrogens is 580 g/mol. The number of carbonyl (C=O) groups is 4. The molecule has 1 saturated heterocycles. The fraction of sp³-hybridized carbons (Fsp3) is 0.606. The molecule has 1 unspecified atom stereocenters. The van der Waals surface area contributed by atoms with Crippen molar-refractivity contribution in [1.82, 2.24) is 20.5 Å². The van der Waals surface area contributed by atoms with Crippen LogP contribution in [0.4, 0.5) is 0 Å². The molecule has 4 N–H and O–H groups in total. The van der Waals surface area contributed by atoms with Crippen LogP contribution in [-0.4, -0.2) is 68.5 Å². The van der Waals surface area contributed by atoms with Crippen molar-refractivity contribution in [3.8, 4) is 10.4 Å². The molecule has 2 aromatic rings. The van der Waals surface area contributed by atoms with E-state index >= 15 is 0 Å². The second-order valence-electron chi connectivity index (χ2n) is 12.9. The van der Waals surface area contributed by atoms with E-state index in [0.29, 0.717) is 12.8 Å². The third-order valence-corrected chi connectivity index (χ3v) is 9.08. The molecule has 11 heteroatoms. The zero-order valence-electron chi connectivity index (χ0n) is 26.6. The quantitative estimate of drug-likeness (QED) is 0.203. The first-order chi connectivity index (χ1) is 20.8. The van der Waals surface area contributed by atoms with Gasteiger partial charge in [0, 0.05) is 25.8 Å². The van der Waals surface area contributed by atoms with Crippen LogP contribution < -0.4 is 10.6 Å². The Morgan fingerprint density at radius 1 is 1.00 bits per heavy atom. The van der Waals surface area contributed by atoms with Crippen LogP contribution >= 0.6 is 11.3 Å². The minimum absolute atomic E-state index is 0.0263. The van der Waals surface area contributed by atoms with Gasteiger partial charge in [-0.3, -0.25) is 19.2 Å². The van der Waals surface area contributed by atoms with E-state index in [0.717, 1.165) is 47.4 Å². The fourth-order valence-corrected chi connectivity index (χ4v) is 6.33. The highest BCUT2D eigenvalue weighted by Crippen LogP contribution is 2.29. The number of hydrogen-bond acceptors (Lipinski definition) is 7. The number of hydrogen-bond donors (Lipinski definition) is 4. The lowest BCUT2D eigenvalue weighted by molar-refractivity contribution is -0.144. The van der Waals surface area contributed by atoms with E-state index in [4.69, 9.17) is 5.11 Å². The number of carboxylic acid groups (broad SMARTS) is 1. The Kier molecular flexibility index (Phi) is 12.9. The zero-order valence-corrected chi connectivity index (χ0v) is 27.4. The number of aryl methyl sites for hydroxylation is 1. The largest absolute Gasteiger partial charge is 0.481 e. The third-order valence-electron chi connectivity index (χ3n) is 8.10. The number of aliphatic hydroxyl groups is 1. The van der Waals surface area contributed by atoms with Crippen molar-refractivity contribution < 1.29 is 29.4 Å². The number of unbranched alkanes of at least 4 members (excludes halogenated alkanes) is 5. The molecule has 0 radical (unpaired) electrons. The SMILES string of the molecule is Cc1ncsc1-c1ccc([C@H](C)NC(=O)[C@@H]2C[C@@H](O)CN2C(=O)C(NC(=O)CCCCCCCCC(=O)O)C(C)(C)C)cc1. The van der Waals surface area contributed by atoms with Crippen molar-refractivity contribution in [2.24, 2.45) is 5.41 Å².